The molecule has 21 heavy (non-hydrogen) atoms. The second-order valence-corrected chi connectivity index (χ2v) is 4.51. The maximum absolute atomic E-state index is 11.9. The molecule has 3 N–H and O–H groups in total. The highest BCUT2D eigenvalue weighted by molar-refractivity contribution is 5.92. The van der Waals surface area contributed by atoms with Crippen molar-refractivity contribution in [1.82, 2.24) is 15.1 Å². The standard InChI is InChI=1S/C15H20N4O2/c1-2-21-11-5-9-17-15(20)13-8-10-19(18-13)14-7-4-3-6-12(14)16/h3-4,6-8,10H,2,5,9,11,16H2,1H3,(H,17,20). The Kier molecular flexibility index (Phi) is 5.34. The first-order valence-electron chi connectivity index (χ1n) is 6.99. The first-order valence-corrected chi connectivity index (χ1v) is 6.99. The zero-order valence-corrected chi connectivity index (χ0v) is 12.1. The molecular formula is C15H20N4O2. The van der Waals surface area contributed by atoms with Crippen molar-refractivity contribution in [1.29, 1.82) is 0 Å². The molecule has 2 rings (SSSR count). The van der Waals surface area contributed by atoms with Crippen LogP contribution in [0.5, 0.6) is 0 Å². The number of amides is 1. The number of carbonyl (C=O) groups is 1. The molecule has 0 radical (unpaired) electrons. The summed E-state index contributed by atoms with van der Waals surface area (Å²) in [4.78, 5) is 11.9. The first-order chi connectivity index (χ1) is 10.2. The van der Waals surface area contributed by atoms with E-state index in [2.05, 4.69) is 10.4 Å². The van der Waals surface area contributed by atoms with Crippen molar-refractivity contribution >= 4 is 11.6 Å². The van der Waals surface area contributed by atoms with Crippen molar-refractivity contribution in [3.05, 3.63) is 42.2 Å². The number of nitrogens with zero attached hydrogens (tertiary/aromatic N) is 2. The molecule has 0 unspecified atom stereocenters. The van der Waals surface area contributed by atoms with Crippen molar-refractivity contribution in [2.24, 2.45) is 0 Å². The summed E-state index contributed by atoms with van der Waals surface area (Å²) in [6.07, 6.45) is 2.51. The van der Waals surface area contributed by atoms with Crippen LogP contribution in [0.15, 0.2) is 36.5 Å². The minimum atomic E-state index is -0.195. The average molecular weight is 288 g/mol. The molecule has 0 aliphatic heterocycles. The van der Waals surface area contributed by atoms with Crippen LogP contribution in [0.1, 0.15) is 23.8 Å². The van der Waals surface area contributed by atoms with Gasteiger partial charge in [-0.1, -0.05) is 12.1 Å². The lowest BCUT2D eigenvalue weighted by molar-refractivity contribution is 0.0939. The van der Waals surface area contributed by atoms with Gasteiger partial charge in [-0.15, -0.1) is 0 Å². The summed E-state index contributed by atoms with van der Waals surface area (Å²) in [5, 5.41) is 7.06. The van der Waals surface area contributed by atoms with Gasteiger partial charge in [0, 0.05) is 26.0 Å². The van der Waals surface area contributed by atoms with Crippen molar-refractivity contribution in [2.45, 2.75) is 13.3 Å². The van der Waals surface area contributed by atoms with Crippen LogP contribution >= 0.6 is 0 Å². The fourth-order valence-corrected chi connectivity index (χ4v) is 1.89. The highest BCUT2D eigenvalue weighted by Gasteiger charge is 2.10. The largest absolute Gasteiger partial charge is 0.397 e. The Bertz CT molecular complexity index is 595. The van der Waals surface area contributed by atoms with Gasteiger partial charge in [-0.05, 0) is 31.5 Å². The van der Waals surface area contributed by atoms with E-state index in [1.54, 1.807) is 23.0 Å². The third kappa shape index (κ3) is 4.06. The third-order valence-electron chi connectivity index (χ3n) is 2.96. The quantitative estimate of drug-likeness (QED) is 0.599. The topological polar surface area (TPSA) is 82.2 Å². The number of nitrogens with two attached hydrogens (primary N) is 1. The summed E-state index contributed by atoms with van der Waals surface area (Å²) in [7, 11) is 0. The van der Waals surface area contributed by atoms with Crippen LogP contribution in [-0.4, -0.2) is 35.4 Å². The van der Waals surface area contributed by atoms with Crippen LogP contribution < -0.4 is 11.1 Å². The Morgan fingerprint density at radius 1 is 1.38 bits per heavy atom. The zero-order chi connectivity index (χ0) is 15.1. The second kappa shape index (κ2) is 7.44. The molecule has 1 heterocycles. The van der Waals surface area contributed by atoms with Gasteiger partial charge in [0.15, 0.2) is 5.69 Å². The smallest absolute Gasteiger partial charge is 0.271 e. The van der Waals surface area contributed by atoms with E-state index in [9.17, 15) is 4.79 Å². The molecule has 0 aliphatic carbocycles. The fourth-order valence-electron chi connectivity index (χ4n) is 1.89. The molecule has 0 bridgehead atoms. The van der Waals surface area contributed by atoms with Gasteiger partial charge in [0.1, 0.15) is 0 Å². The Balaban J connectivity index is 1.94. The predicted molar refractivity (Wildman–Crippen MR) is 81.4 cm³/mol. The van der Waals surface area contributed by atoms with Crippen LogP contribution in [-0.2, 0) is 4.74 Å². The van der Waals surface area contributed by atoms with Gasteiger partial charge in [0.2, 0.25) is 0 Å². The van der Waals surface area contributed by atoms with Crippen molar-refractivity contribution in [3.8, 4) is 5.69 Å². The highest BCUT2D eigenvalue weighted by Crippen LogP contribution is 2.15. The molecule has 0 saturated carbocycles. The van der Waals surface area contributed by atoms with E-state index in [1.165, 1.54) is 0 Å². The number of carbonyl (C=O) groups excluding carboxylic acids is 1. The normalized spacial score (nSPS) is 10.5. The number of para-hydroxylation sites is 2. The lowest BCUT2D eigenvalue weighted by atomic mass is 10.3. The number of hydrogen-bond acceptors (Lipinski definition) is 4. The van der Waals surface area contributed by atoms with Gasteiger partial charge in [-0.2, -0.15) is 5.10 Å². The molecule has 1 aromatic heterocycles. The number of aromatic nitrogens is 2. The molecule has 112 valence electrons. The van der Waals surface area contributed by atoms with Gasteiger partial charge in [-0.25, -0.2) is 4.68 Å². The van der Waals surface area contributed by atoms with E-state index in [4.69, 9.17) is 10.5 Å². The molecule has 6 nitrogen and oxygen atoms in total. The number of nitrogen functional groups attached to an aromatic ring is 1. The summed E-state index contributed by atoms with van der Waals surface area (Å²) in [6.45, 7) is 3.85. The van der Waals surface area contributed by atoms with E-state index in [1.807, 2.05) is 25.1 Å². The number of ether oxygens (including phenoxy) is 1. The van der Waals surface area contributed by atoms with E-state index in [0.717, 1.165) is 12.1 Å². The van der Waals surface area contributed by atoms with Crippen LogP contribution in [0.3, 0.4) is 0 Å². The molecule has 0 atom stereocenters. The van der Waals surface area contributed by atoms with Crippen LogP contribution in [0, 0.1) is 0 Å². The zero-order valence-electron chi connectivity index (χ0n) is 12.1. The van der Waals surface area contributed by atoms with E-state index in [-0.39, 0.29) is 5.91 Å². The predicted octanol–water partition coefficient (Wildman–Crippen LogP) is 1.61. The molecule has 0 spiro atoms. The van der Waals surface area contributed by atoms with E-state index >= 15 is 0 Å². The summed E-state index contributed by atoms with van der Waals surface area (Å²) >= 11 is 0. The number of rotatable bonds is 7. The summed E-state index contributed by atoms with van der Waals surface area (Å²) < 4.78 is 6.81. The van der Waals surface area contributed by atoms with E-state index < -0.39 is 0 Å². The Labute approximate surface area is 123 Å². The molecule has 1 amide bonds. The molecule has 0 aliphatic rings. The number of anilines is 1. The van der Waals surface area contributed by atoms with Gasteiger partial charge >= 0.3 is 0 Å². The molecular weight excluding hydrogens is 268 g/mol. The van der Waals surface area contributed by atoms with Crippen LogP contribution in [0.2, 0.25) is 0 Å². The molecule has 1 aromatic carbocycles. The molecule has 2 aromatic rings. The van der Waals surface area contributed by atoms with Crippen molar-refractivity contribution in [3.63, 3.8) is 0 Å². The van der Waals surface area contributed by atoms with Crippen LogP contribution in [0.4, 0.5) is 5.69 Å². The minimum Gasteiger partial charge on any atom is -0.397 e. The summed E-state index contributed by atoms with van der Waals surface area (Å²) in [5.74, 6) is -0.195. The monoisotopic (exact) mass is 288 g/mol. The number of benzene rings is 1. The first kappa shape index (κ1) is 15.1. The fraction of sp³-hybridized carbons (Fsp3) is 0.333. The lowest BCUT2D eigenvalue weighted by Crippen LogP contribution is -2.25. The highest BCUT2D eigenvalue weighted by atomic mass is 16.5. The number of nitrogens with one attached hydrogen (secondary N) is 1. The Morgan fingerprint density at radius 2 is 2.19 bits per heavy atom. The average Bonchev–Trinajstić information content (AvgIpc) is 2.97. The maximum Gasteiger partial charge on any atom is 0.271 e. The number of hydrogen-bond donors (Lipinski definition) is 2. The Hall–Kier alpha value is -2.34. The third-order valence-corrected chi connectivity index (χ3v) is 2.96. The molecule has 0 fully saturated rings. The van der Waals surface area contributed by atoms with E-state index in [0.29, 0.717) is 31.1 Å². The summed E-state index contributed by atoms with van der Waals surface area (Å²) in [5.41, 5.74) is 7.63. The van der Waals surface area contributed by atoms with Gasteiger partial charge in [0.25, 0.3) is 5.91 Å². The maximum atomic E-state index is 11.9. The SMILES string of the molecule is CCOCCCNC(=O)c1ccn(-c2ccccc2N)n1. The lowest BCUT2D eigenvalue weighted by Gasteiger charge is -2.05. The summed E-state index contributed by atoms with van der Waals surface area (Å²) in [6, 6.07) is 9.05. The van der Waals surface area contributed by atoms with Crippen molar-refractivity contribution in [2.75, 3.05) is 25.5 Å². The molecule has 6 heteroatoms. The van der Waals surface area contributed by atoms with Crippen molar-refractivity contribution < 1.29 is 9.53 Å². The minimum absolute atomic E-state index is 0.195. The van der Waals surface area contributed by atoms with Gasteiger partial charge in [0.05, 0.1) is 11.4 Å². The second-order valence-electron chi connectivity index (χ2n) is 4.51. The van der Waals surface area contributed by atoms with Gasteiger partial charge in [-0.3, -0.25) is 4.79 Å². The van der Waals surface area contributed by atoms with Gasteiger partial charge < -0.3 is 15.8 Å². The van der Waals surface area contributed by atoms with Crippen LogP contribution in [0.25, 0.3) is 5.69 Å². The Morgan fingerprint density at radius 3 is 2.95 bits per heavy atom. The molecule has 0 saturated heterocycles.